The van der Waals surface area contributed by atoms with Crippen molar-refractivity contribution in [2.75, 3.05) is 6.54 Å². The topological polar surface area (TPSA) is 38.3 Å². The van der Waals surface area contributed by atoms with Gasteiger partial charge in [-0.1, -0.05) is 24.6 Å². The van der Waals surface area contributed by atoms with Crippen molar-refractivity contribution in [2.45, 2.75) is 31.7 Å². The highest BCUT2D eigenvalue weighted by atomic mass is 35.5. The van der Waals surface area contributed by atoms with E-state index >= 15 is 0 Å². The molecule has 0 saturated heterocycles. The molecule has 100 valence electrons. The molecule has 0 aliphatic heterocycles. The number of ether oxygens (including phenoxy) is 1. The third-order valence-electron chi connectivity index (χ3n) is 2.42. The molecule has 0 aliphatic carbocycles. The quantitative estimate of drug-likeness (QED) is 0.817. The predicted octanol–water partition coefficient (Wildman–Crippen LogP) is 3.24. The highest BCUT2D eigenvalue weighted by molar-refractivity contribution is 6.30. The Balaban J connectivity index is 2.45. The maximum atomic E-state index is 11.7. The molecule has 18 heavy (non-hydrogen) atoms. The van der Waals surface area contributed by atoms with Crippen molar-refractivity contribution < 1.29 is 9.53 Å². The van der Waals surface area contributed by atoms with Crippen LogP contribution in [0.3, 0.4) is 0 Å². The molecule has 5 heteroatoms. The molecule has 0 aromatic heterocycles. The summed E-state index contributed by atoms with van der Waals surface area (Å²) in [6.07, 6.45) is 0.231. The molecule has 0 fully saturated rings. The van der Waals surface area contributed by atoms with Crippen molar-refractivity contribution >= 4 is 29.1 Å². The van der Waals surface area contributed by atoms with Crippen LogP contribution >= 0.6 is 23.2 Å². The van der Waals surface area contributed by atoms with Gasteiger partial charge in [0.15, 0.2) is 6.10 Å². The first-order chi connectivity index (χ1) is 8.52. The van der Waals surface area contributed by atoms with E-state index in [9.17, 15) is 4.79 Å². The number of carbonyl (C=O) groups is 1. The normalized spacial score (nSPS) is 13.8. The van der Waals surface area contributed by atoms with E-state index in [-0.39, 0.29) is 11.3 Å². The standard InChI is InChI=1S/C13H17Cl2NO2/c1-3-10(14)8-16-13(17)9(2)18-12-6-4-5-11(15)7-12/h4-7,9-10H,3,8H2,1-2H3,(H,16,17). The van der Waals surface area contributed by atoms with Crippen LogP contribution in [-0.2, 0) is 4.79 Å². The van der Waals surface area contributed by atoms with Gasteiger partial charge in [0.2, 0.25) is 0 Å². The SMILES string of the molecule is CCC(Cl)CNC(=O)C(C)Oc1cccc(Cl)c1. The molecule has 1 aromatic rings. The second-order valence-electron chi connectivity index (χ2n) is 3.97. The average Bonchev–Trinajstić information content (AvgIpc) is 2.35. The van der Waals surface area contributed by atoms with Gasteiger partial charge in [-0.05, 0) is 31.5 Å². The monoisotopic (exact) mass is 289 g/mol. The van der Waals surface area contributed by atoms with Gasteiger partial charge in [-0.3, -0.25) is 4.79 Å². The first-order valence-corrected chi connectivity index (χ1v) is 6.68. The van der Waals surface area contributed by atoms with E-state index in [2.05, 4.69) is 5.32 Å². The Labute approximate surface area is 117 Å². The van der Waals surface area contributed by atoms with Crippen LogP contribution in [-0.4, -0.2) is 23.9 Å². The van der Waals surface area contributed by atoms with Crippen molar-refractivity contribution in [2.24, 2.45) is 0 Å². The van der Waals surface area contributed by atoms with Gasteiger partial charge in [0.05, 0.1) is 5.38 Å². The summed E-state index contributed by atoms with van der Waals surface area (Å²) in [5.74, 6) is 0.386. The number of amides is 1. The second kappa shape index (κ2) is 7.49. The van der Waals surface area contributed by atoms with Crippen LogP contribution in [0.4, 0.5) is 0 Å². The highest BCUT2D eigenvalue weighted by Crippen LogP contribution is 2.18. The summed E-state index contributed by atoms with van der Waals surface area (Å²) in [5.41, 5.74) is 0. The Kier molecular flexibility index (Phi) is 6.30. The third kappa shape index (κ3) is 5.15. The Bertz CT molecular complexity index is 398. The fourth-order valence-corrected chi connectivity index (χ4v) is 1.55. The average molecular weight is 290 g/mol. The zero-order valence-electron chi connectivity index (χ0n) is 10.5. The lowest BCUT2D eigenvalue weighted by molar-refractivity contribution is -0.127. The molecule has 2 atom stereocenters. The molecule has 0 bridgehead atoms. The zero-order valence-corrected chi connectivity index (χ0v) is 12.0. The minimum absolute atomic E-state index is 0.0488. The lowest BCUT2D eigenvalue weighted by atomic mass is 10.3. The Hall–Kier alpha value is -0.930. The molecule has 0 aliphatic rings. The van der Waals surface area contributed by atoms with Crippen molar-refractivity contribution in [1.82, 2.24) is 5.32 Å². The first kappa shape index (κ1) is 15.1. The number of nitrogens with one attached hydrogen (secondary N) is 1. The molecule has 1 aromatic carbocycles. The van der Waals surface area contributed by atoms with Gasteiger partial charge in [0.1, 0.15) is 5.75 Å². The van der Waals surface area contributed by atoms with E-state index in [0.717, 1.165) is 6.42 Å². The molecule has 0 heterocycles. The molecule has 1 amide bonds. The van der Waals surface area contributed by atoms with Gasteiger partial charge < -0.3 is 10.1 Å². The summed E-state index contributed by atoms with van der Waals surface area (Å²) < 4.78 is 5.48. The maximum absolute atomic E-state index is 11.7. The van der Waals surface area contributed by atoms with Gasteiger partial charge in [-0.15, -0.1) is 11.6 Å². The van der Waals surface area contributed by atoms with Gasteiger partial charge in [-0.25, -0.2) is 0 Å². The van der Waals surface area contributed by atoms with E-state index < -0.39 is 6.10 Å². The van der Waals surface area contributed by atoms with Crippen LogP contribution in [0.5, 0.6) is 5.75 Å². The summed E-state index contributed by atoms with van der Waals surface area (Å²) in [4.78, 5) is 11.7. The van der Waals surface area contributed by atoms with Crippen LogP contribution in [0.1, 0.15) is 20.3 Å². The molecular formula is C13H17Cl2NO2. The molecule has 2 unspecified atom stereocenters. The fraction of sp³-hybridized carbons (Fsp3) is 0.462. The second-order valence-corrected chi connectivity index (χ2v) is 5.02. The largest absolute Gasteiger partial charge is 0.481 e. The van der Waals surface area contributed by atoms with E-state index in [4.69, 9.17) is 27.9 Å². The van der Waals surface area contributed by atoms with Crippen molar-refractivity contribution in [3.05, 3.63) is 29.3 Å². The van der Waals surface area contributed by atoms with Crippen LogP contribution in [0.15, 0.2) is 24.3 Å². The van der Waals surface area contributed by atoms with Gasteiger partial charge in [0.25, 0.3) is 5.91 Å². The number of hydrogen-bond donors (Lipinski definition) is 1. The Morgan fingerprint density at radius 1 is 1.50 bits per heavy atom. The van der Waals surface area contributed by atoms with Crippen molar-refractivity contribution in [3.63, 3.8) is 0 Å². The summed E-state index contributed by atoms with van der Waals surface area (Å²) in [6, 6.07) is 6.94. The first-order valence-electron chi connectivity index (χ1n) is 5.87. The van der Waals surface area contributed by atoms with Gasteiger partial charge in [-0.2, -0.15) is 0 Å². The molecule has 0 saturated carbocycles. The van der Waals surface area contributed by atoms with Crippen LogP contribution in [0.25, 0.3) is 0 Å². The maximum Gasteiger partial charge on any atom is 0.260 e. The summed E-state index contributed by atoms with van der Waals surface area (Å²) in [7, 11) is 0. The Morgan fingerprint density at radius 2 is 2.22 bits per heavy atom. The third-order valence-corrected chi connectivity index (χ3v) is 3.12. The van der Waals surface area contributed by atoms with E-state index in [1.807, 2.05) is 6.92 Å². The van der Waals surface area contributed by atoms with Crippen LogP contribution in [0.2, 0.25) is 5.02 Å². The number of alkyl halides is 1. The summed E-state index contributed by atoms with van der Waals surface area (Å²) >= 11 is 11.8. The smallest absolute Gasteiger partial charge is 0.260 e. The van der Waals surface area contributed by atoms with E-state index in [1.165, 1.54) is 0 Å². The van der Waals surface area contributed by atoms with Gasteiger partial charge in [0, 0.05) is 11.6 Å². The lowest BCUT2D eigenvalue weighted by Crippen LogP contribution is -2.39. The molecular weight excluding hydrogens is 273 g/mol. The van der Waals surface area contributed by atoms with E-state index in [0.29, 0.717) is 17.3 Å². The Morgan fingerprint density at radius 3 is 2.83 bits per heavy atom. The molecule has 3 nitrogen and oxygen atoms in total. The number of halogens is 2. The van der Waals surface area contributed by atoms with Crippen LogP contribution < -0.4 is 10.1 Å². The number of rotatable bonds is 6. The molecule has 1 rings (SSSR count). The molecule has 0 spiro atoms. The lowest BCUT2D eigenvalue weighted by Gasteiger charge is -2.16. The van der Waals surface area contributed by atoms with Gasteiger partial charge >= 0.3 is 0 Å². The minimum Gasteiger partial charge on any atom is -0.481 e. The fourth-order valence-electron chi connectivity index (χ4n) is 1.30. The number of hydrogen-bond acceptors (Lipinski definition) is 2. The van der Waals surface area contributed by atoms with Crippen LogP contribution in [0, 0.1) is 0 Å². The number of carbonyl (C=O) groups excluding carboxylic acids is 1. The molecule has 1 N–H and O–H groups in total. The predicted molar refractivity (Wildman–Crippen MR) is 74.5 cm³/mol. The van der Waals surface area contributed by atoms with Crippen molar-refractivity contribution in [1.29, 1.82) is 0 Å². The number of benzene rings is 1. The van der Waals surface area contributed by atoms with E-state index in [1.54, 1.807) is 31.2 Å². The zero-order chi connectivity index (χ0) is 13.5. The summed E-state index contributed by atoms with van der Waals surface area (Å²) in [5, 5.41) is 3.27. The minimum atomic E-state index is -0.579. The van der Waals surface area contributed by atoms with Crippen molar-refractivity contribution in [3.8, 4) is 5.75 Å². The highest BCUT2D eigenvalue weighted by Gasteiger charge is 2.15. The summed E-state index contributed by atoms with van der Waals surface area (Å²) in [6.45, 7) is 4.10. The molecule has 0 radical (unpaired) electrons.